The molecule has 0 saturated heterocycles. The molecular weight excluding hydrogens is 310 g/mol. The average molecular weight is 326 g/mol. The van der Waals surface area contributed by atoms with Crippen LogP contribution in [0.3, 0.4) is 0 Å². The first-order valence-corrected chi connectivity index (χ1v) is 7.46. The molecule has 96 valence electrons. The molecule has 0 spiro atoms. The number of pyridine rings is 1. The minimum atomic E-state index is 0.262. The van der Waals surface area contributed by atoms with Crippen molar-refractivity contribution in [1.29, 1.82) is 0 Å². The molecule has 2 aromatic heterocycles. The first kappa shape index (κ1) is 13.4. The van der Waals surface area contributed by atoms with Gasteiger partial charge in [0.1, 0.15) is 5.82 Å². The summed E-state index contributed by atoms with van der Waals surface area (Å²) in [6, 6.07) is 6.34. The van der Waals surface area contributed by atoms with Crippen LogP contribution < -0.4 is 11.1 Å². The lowest BCUT2D eigenvalue weighted by molar-refractivity contribution is 0.552. The van der Waals surface area contributed by atoms with Gasteiger partial charge in [0, 0.05) is 4.88 Å². The van der Waals surface area contributed by atoms with Crippen molar-refractivity contribution < 1.29 is 0 Å². The van der Waals surface area contributed by atoms with Gasteiger partial charge < -0.3 is 11.1 Å². The Labute approximate surface area is 120 Å². The fraction of sp³-hybridized carbons (Fsp3) is 0.308. The molecular formula is C13H16BrN3S. The number of thiophene rings is 1. The summed E-state index contributed by atoms with van der Waals surface area (Å²) in [5.74, 6) is 1.31. The third-order valence-electron chi connectivity index (χ3n) is 2.67. The van der Waals surface area contributed by atoms with Crippen LogP contribution in [0.4, 0.5) is 11.5 Å². The number of nitrogens with one attached hydrogen (secondary N) is 1. The van der Waals surface area contributed by atoms with Crippen molar-refractivity contribution in [3.63, 3.8) is 0 Å². The standard InChI is InChI=1S/C13H16BrN3S/c1-8(2)12(11-4-3-5-18-11)17-13-10(14)6-9(15)7-16-13/h3-8,12H,15H2,1-2H3,(H,16,17). The zero-order chi connectivity index (χ0) is 13.1. The van der Waals surface area contributed by atoms with Gasteiger partial charge in [0.15, 0.2) is 0 Å². The Balaban J connectivity index is 2.24. The molecule has 5 heteroatoms. The van der Waals surface area contributed by atoms with Gasteiger partial charge in [-0.3, -0.25) is 0 Å². The minimum Gasteiger partial charge on any atom is -0.397 e. The predicted molar refractivity (Wildman–Crippen MR) is 81.9 cm³/mol. The van der Waals surface area contributed by atoms with E-state index in [1.165, 1.54) is 4.88 Å². The highest BCUT2D eigenvalue weighted by Crippen LogP contribution is 2.32. The number of nitrogen functional groups attached to an aromatic ring is 1. The fourth-order valence-corrected chi connectivity index (χ4v) is 3.17. The summed E-state index contributed by atoms with van der Waals surface area (Å²) >= 11 is 5.24. The van der Waals surface area contributed by atoms with E-state index in [1.807, 2.05) is 6.07 Å². The Kier molecular flexibility index (Phi) is 4.24. The molecule has 0 aliphatic carbocycles. The smallest absolute Gasteiger partial charge is 0.140 e. The van der Waals surface area contributed by atoms with Crippen molar-refractivity contribution in [2.45, 2.75) is 19.9 Å². The molecule has 0 aromatic carbocycles. The molecule has 2 heterocycles. The molecule has 1 atom stereocenters. The Hall–Kier alpha value is -1.07. The summed E-state index contributed by atoms with van der Waals surface area (Å²) in [5, 5.41) is 5.57. The van der Waals surface area contributed by atoms with Gasteiger partial charge in [0.05, 0.1) is 22.4 Å². The van der Waals surface area contributed by atoms with E-state index in [1.54, 1.807) is 17.5 Å². The lowest BCUT2D eigenvalue weighted by Gasteiger charge is -2.22. The van der Waals surface area contributed by atoms with Crippen molar-refractivity contribution in [1.82, 2.24) is 4.98 Å². The van der Waals surface area contributed by atoms with Gasteiger partial charge in [-0.05, 0) is 39.4 Å². The molecule has 2 aromatic rings. The van der Waals surface area contributed by atoms with Crippen molar-refractivity contribution >= 4 is 38.8 Å². The molecule has 0 aliphatic rings. The van der Waals surface area contributed by atoms with E-state index in [4.69, 9.17) is 5.73 Å². The summed E-state index contributed by atoms with van der Waals surface area (Å²) in [5.41, 5.74) is 6.35. The average Bonchev–Trinajstić information content (AvgIpc) is 2.80. The van der Waals surface area contributed by atoms with E-state index in [0.717, 1.165) is 10.3 Å². The fourth-order valence-electron chi connectivity index (χ4n) is 1.74. The second-order valence-electron chi connectivity index (χ2n) is 4.48. The van der Waals surface area contributed by atoms with E-state index in [-0.39, 0.29) is 6.04 Å². The highest BCUT2D eigenvalue weighted by Gasteiger charge is 2.18. The number of nitrogens with two attached hydrogens (primary N) is 1. The molecule has 18 heavy (non-hydrogen) atoms. The lowest BCUT2D eigenvalue weighted by Crippen LogP contribution is -2.16. The summed E-state index contributed by atoms with van der Waals surface area (Å²) in [4.78, 5) is 5.65. The number of halogens is 1. The van der Waals surface area contributed by atoms with Crippen LogP contribution in [0.2, 0.25) is 0 Å². The Morgan fingerprint density at radius 1 is 1.44 bits per heavy atom. The maximum atomic E-state index is 5.69. The van der Waals surface area contributed by atoms with E-state index < -0.39 is 0 Å². The maximum absolute atomic E-state index is 5.69. The Morgan fingerprint density at radius 2 is 2.22 bits per heavy atom. The maximum Gasteiger partial charge on any atom is 0.140 e. The number of hydrogen-bond donors (Lipinski definition) is 2. The van der Waals surface area contributed by atoms with Crippen molar-refractivity contribution in [3.8, 4) is 0 Å². The summed E-state index contributed by atoms with van der Waals surface area (Å²) < 4.78 is 0.893. The van der Waals surface area contributed by atoms with Crippen molar-refractivity contribution in [2.24, 2.45) is 5.92 Å². The number of hydrogen-bond acceptors (Lipinski definition) is 4. The predicted octanol–water partition coefficient (Wildman–Crippen LogP) is 4.30. The number of nitrogens with zero attached hydrogens (tertiary/aromatic N) is 1. The summed E-state index contributed by atoms with van der Waals surface area (Å²) in [7, 11) is 0. The van der Waals surface area contributed by atoms with E-state index >= 15 is 0 Å². The van der Waals surface area contributed by atoms with Crippen LogP contribution in [-0.4, -0.2) is 4.98 Å². The zero-order valence-electron chi connectivity index (χ0n) is 10.4. The second-order valence-corrected chi connectivity index (χ2v) is 6.31. The molecule has 3 N–H and O–H groups in total. The highest BCUT2D eigenvalue weighted by atomic mass is 79.9. The van der Waals surface area contributed by atoms with Crippen LogP contribution in [0, 0.1) is 5.92 Å². The van der Waals surface area contributed by atoms with E-state index in [0.29, 0.717) is 11.6 Å². The zero-order valence-corrected chi connectivity index (χ0v) is 12.8. The van der Waals surface area contributed by atoms with Crippen LogP contribution in [0.25, 0.3) is 0 Å². The van der Waals surface area contributed by atoms with Gasteiger partial charge in [-0.1, -0.05) is 19.9 Å². The molecule has 0 bridgehead atoms. The monoisotopic (exact) mass is 325 g/mol. The molecule has 1 unspecified atom stereocenters. The summed E-state index contributed by atoms with van der Waals surface area (Å²) in [6.45, 7) is 4.39. The van der Waals surface area contributed by atoms with Crippen molar-refractivity contribution in [2.75, 3.05) is 11.1 Å². The van der Waals surface area contributed by atoms with Crippen LogP contribution in [0.1, 0.15) is 24.8 Å². The molecule has 3 nitrogen and oxygen atoms in total. The molecule has 0 radical (unpaired) electrons. The van der Waals surface area contributed by atoms with Gasteiger partial charge in [-0.25, -0.2) is 4.98 Å². The first-order valence-electron chi connectivity index (χ1n) is 5.79. The third-order valence-corrected chi connectivity index (χ3v) is 4.23. The molecule has 0 saturated carbocycles. The topological polar surface area (TPSA) is 50.9 Å². The van der Waals surface area contributed by atoms with Crippen LogP contribution in [0.5, 0.6) is 0 Å². The Morgan fingerprint density at radius 3 is 2.78 bits per heavy atom. The number of aromatic nitrogens is 1. The molecule has 2 rings (SSSR count). The van der Waals surface area contributed by atoms with E-state index in [9.17, 15) is 0 Å². The number of rotatable bonds is 4. The van der Waals surface area contributed by atoms with Gasteiger partial charge in [-0.2, -0.15) is 0 Å². The lowest BCUT2D eigenvalue weighted by atomic mass is 10.0. The summed E-state index contributed by atoms with van der Waals surface area (Å²) in [6.07, 6.45) is 1.67. The highest BCUT2D eigenvalue weighted by molar-refractivity contribution is 9.10. The van der Waals surface area contributed by atoms with Gasteiger partial charge in [-0.15, -0.1) is 11.3 Å². The van der Waals surface area contributed by atoms with E-state index in [2.05, 4.69) is 57.6 Å². The van der Waals surface area contributed by atoms with Crippen LogP contribution in [-0.2, 0) is 0 Å². The van der Waals surface area contributed by atoms with Crippen LogP contribution >= 0.6 is 27.3 Å². The number of anilines is 2. The SMILES string of the molecule is CC(C)C(Nc1ncc(N)cc1Br)c1cccs1. The molecule has 0 fully saturated rings. The second kappa shape index (κ2) is 5.71. The molecule has 0 aliphatic heterocycles. The minimum absolute atomic E-state index is 0.262. The quantitative estimate of drug-likeness (QED) is 0.881. The van der Waals surface area contributed by atoms with Gasteiger partial charge in [0.25, 0.3) is 0 Å². The first-order chi connectivity index (χ1) is 8.58. The van der Waals surface area contributed by atoms with Crippen LogP contribution in [0.15, 0.2) is 34.2 Å². The molecule has 0 amide bonds. The van der Waals surface area contributed by atoms with Gasteiger partial charge >= 0.3 is 0 Å². The largest absolute Gasteiger partial charge is 0.397 e. The normalized spacial score (nSPS) is 12.7. The third kappa shape index (κ3) is 3.03. The van der Waals surface area contributed by atoms with Crippen molar-refractivity contribution in [3.05, 3.63) is 39.1 Å². The Bertz CT molecular complexity index is 511. The van der Waals surface area contributed by atoms with Gasteiger partial charge in [0.2, 0.25) is 0 Å².